The SMILES string of the molecule is O=C(OC[C@H]1O[C@@H](n2ccc3ccccc32)[C@H](OC(=O)c2ccccc2)[C@@H](OP(=O)(O)O)[C@@H]1O)c1ccccc1. The lowest BCUT2D eigenvalue weighted by Crippen LogP contribution is -2.58. The summed E-state index contributed by atoms with van der Waals surface area (Å²) in [6.45, 7) is -0.481. The highest BCUT2D eigenvalue weighted by atomic mass is 31.2. The Morgan fingerprint density at radius 1 is 0.825 bits per heavy atom. The van der Waals surface area contributed by atoms with Gasteiger partial charge in [0.1, 0.15) is 24.9 Å². The zero-order valence-corrected chi connectivity index (χ0v) is 21.8. The number of aliphatic hydroxyl groups is 1. The topological polar surface area (TPSA) is 154 Å². The summed E-state index contributed by atoms with van der Waals surface area (Å²) in [5.74, 6) is -1.51. The van der Waals surface area contributed by atoms with Crippen LogP contribution in [0.2, 0.25) is 0 Å². The van der Waals surface area contributed by atoms with Gasteiger partial charge in [-0.05, 0) is 41.8 Å². The maximum atomic E-state index is 13.1. The predicted molar refractivity (Wildman–Crippen MR) is 141 cm³/mol. The molecule has 40 heavy (non-hydrogen) atoms. The first kappa shape index (κ1) is 27.7. The van der Waals surface area contributed by atoms with Crippen molar-refractivity contribution < 1.29 is 47.8 Å². The van der Waals surface area contributed by atoms with Gasteiger partial charge in [0.25, 0.3) is 0 Å². The molecule has 1 aliphatic heterocycles. The molecule has 0 amide bonds. The summed E-state index contributed by atoms with van der Waals surface area (Å²) in [5.41, 5.74) is 1.08. The van der Waals surface area contributed by atoms with Crippen LogP contribution >= 0.6 is 7.82 Å². The molecule has 2 heterocycles. The van der Waals surface area contributed by atoms with Gasteiger partial charge in [-0.1, -0.05) is 54.6 Å². The summed E-state index contributed by atoms with van der Waals surface area (Å²) < 4.78 is 35.8. The normalized spacial score (nSPS) is 23.0. The van der Waals surface area contributed by atoms with E-state index < -0.39 is 57.0 Å². The van der Waals surface area contributed by atoms with Crippen LogP contribution in [-0.2, 0) is 23.3 Å². The third kappa shape index (κ3) is 6.15. The monoisotopic (exact) mass is 567 g/mol. The van der Waals surface area contributed by atoms with Crippen LogP contribution in [0, 0.1) is 0 Å². The number of fused-ring (bicyclic) bond motifs is 1. The number of hydrogen-bond acceptors (Lipinski definition) is 8. The molecule has 5 rings (SSSR count). The molecule has 1 saturated heterocycles. The number of phosphoric ester groups is 1. The summed E-state index contributed by atoms with van der Waals surface area (Å²) in [6, 6.07) is 25.1. The molecule has 12 heteroatoms. The maximum absolute atomic E-state index is 13.1. The Balaban J connectivity index is 1.51. The first-order valence-electron chi connectivity index (χ1n) is 12.3. The van der Waals surface area contributed by atoms with E-state index in [1.807, 2.05) is 12.1 Å². The number of rotatable bonds is 8. The average Bonchev–Trinajstić information content (AvgIpc) is 3.39. The van der Waals surface area contributed by atoms with Crippen molar-refractivity contribution in [3.05, 3.63) is 108 Å². The fourth-order valence-corrected chi connectivity index (χ4v) is 5.14. The fourth-order valence-electron chi connectivity index (χ4n) is 4.58. The molecule has 0 saturated carbocycles. The number of carbonyl (C=O) groups excluding carboxylic acids is 2. The Kier molecular flexibility index (Phi) is 8.13. The minimum atomic E-state index is -5.21. The molecule has 5 atom stereocenters. The van der Waals surface area contributed by atoms with Crippen LogP contribution in [0.5, 0.6) is 0 Å². The minimum Gasteiger partial charge on any atom is -0.459 e. The van der Waals surface area contributed by atoms with E-state index in [9.17, 15) is 29.0 Å². The van der Waals surface area contributed by atoms with Crippen molar-refractivity contribution in [1.82, 2.24) is 4.57 Å². The molecule has 208 valence electrons. The Bertz CT molecular complexity index is 1520. The lowest BCUT2D eigenvalue weighted by molar-refractivity contribution is -0.246. The van der Waals surface area contributed by atoms with Crippen LogP contribution < -0.4 is 0 Å². The second kappa shape index (κ2) is 11.7. The van der Waals surface area contributed by atoms with Gasteiger partial charge in [0.2, 0.25) is 0 Å². The van der Waals surface area contributed by atoms with Crippen molar-refractivity contribution in [2.24, 2.45) is 0 Å². The number of hydrogen-bond donors (Lipinski definition) is 3. The van der Waals surface area contributed by atoms with Crippen LogP contribution in [0.1, 0.15) is 26.9 Å². The number of esters is 2. The molecule has 3 N–H and O–H groups in total. The molecule has 4 aromatic rings. The van der Waals surface area contributed by atoms with E-state index in [4.69, 9.17) is 18.7 Å². The third-order valence-corrected chi connectivity index (χ3v) is 6.96. The first-order chi connectivity index (χ1) is 19.2. The van der Waals surface area contributed by atoms with E-state index in [1.54, 1.807) is 77.5 Å². The van der Waals surface area contributed by atoms with Gasteiger partial charge in [-0.25, -0.2) is 14.2 Å². The predicted octanol–water partition coefficient (Wildman–Crippen LogP) is 3.46. The Morgan fingerprint density at radius 2 is 1.43 bits per heavy atom. The van der Waals surface area contributed by atoms with Gasteiger partial charge in [0.05, 0.1) is 16.6 Å². The van der Waals surface area contributed by atoms with Crippen LogP contribution in [0.4, 0.5) is 0 Å². The number of para-hydroxylation sites is 1. The van der Waals surface area contributed by atoms with Crippen molar-refractivity contribution in [3.8, 4) is 0 Å². The van der Waals surface area contributed by atoms with Crippen molar-refractivity contribution in [1.29, 1.82) is 0 Å². The standard InChI is InChI=1S/C28H26NO10P/c30-23-22(17-36-27(31)19-10-3-1-4-11-19)37-26(29-16-15-18-9-7-8-14-21(18)29)25(24(23)39-40(33,34)35)38-28(32)20-12-5-2-6-13-20/h1-16,22-26,30H,17H2,(H2,33,34,35)/t22-,23-,24+,25-,26-/m1/s1. The third-order valence-electron chi connectivity index (χ3n) is 6.44. The number of phosphoric acid groups is 1. The molecule has 11 nitrogen and oxygen atoms in total. The lowest BCUT2D eigenvalue weighted by atomic mass is 9.97. The summed E-state index contributed by atoms with van der Waals surface area (Å²) in [4.78, 5) is 45.0. The summed E-state index contributed by atoms with van der Waals surface area (Å²) in [6.07, 6.45) is -5.92. The largest absolute Gasteiger partial charge is 0.470 e. The smallest absolute Gasteiger partial charge is 0.459 e. The average molecular weight is 567 g/mol. The highest BCUT2D eigenvalue weighted by Gasteiger charge is 2.52. The van der Waals surface area contributed by atoms with Crippen LogP contribution in [0.25, 0.3) is 10.9 Å². The molecular formula is C28H26NO10P. The highest BCUT2D eigenvalue weighted by molar-refractivity contribution is 7.46. The molecule has 0 radical (unpaired) electrons. The Morgan fingerprint density at radius 3 is 2.08 bits per heavy atom. The molecule has 0 spiro atoms. The number of nitrogens with zero attached hydrogens (tertiary/aromatic N) is 1. The Hall–Kier alpha value is -3.83. The lowest BCUT2D eigenvalue weighted by Gasteiger charge is -2.44. The molecule has 0 unspecified atom stereocenters. The van der Waals surface area contributed by atoms with E-state index in [0.29, 0.717) is 5.52 Å². The zero-order chi connectivity index (χ0) is 28.3. The first-order valence-corrected chi connectivity index (χ1v) is 13.9. The number of ether oxygens (including phenoxy) is 3. The minimum absolute atomic E-state index is 0.168. The second-order valence-corrected chi connectivity index (χ2v) is 10.3. The van der Waals surface area contributed by atoms with E-state index in [1.165, 1.54) is 12.1 Å². The van der Waals surface area contributed by atoms with Crippen LogP contribution in [-0.4, -0.2) is 62.4 Å². The second-order valence-electron chi connectivity index (χ2n) is 9.10. The van der Waals surface area contributed by atoms with Gasteiger partial charge in [-0.15, -0.1) is 0 Å². The molecule has 1 aliphatic rings. The molecule has 1 aromatic heterocycles. The fraction of sp³-hybridized carbons (Fsp3) is 0.214. The van der Waals surface area contributed by atoms with E-state index in [0.717, 1.165) is 5.39 Å². The van der Waals surface area contributed by atoms with Crippen LogP contribution in [0.3, 0.4) is 0 Å². The molecule has 3 aromatic carbocycles. The van der Waals surface area contributed by atoms with E-state index in [2.05, 4.69) is 0 Å². The number of carbonyl (C=O) groups is 2. The van der Waals surface area contributed by atoms with Crippen molar-refractivity contribution in [2.75, 3.05) is 6.61 Å². The zero-order valence-electron chi connectivity index (χ0n) is 20.9. The quantitative estimate of drug-likeness (QED) is 0.213. The number of aromatic nitrogens is 1. The van der Waals surface area contributed by atoms with E-state index in [-0.39, 0.29) is 11.1 Å². The van der Waals surface area contributed by atoms with Crippen LogP contribution in [0.15, 0.2) is 97.2 Å². The van der Waals surface area contributed by atoms with Crippen molar-refractivity contribution >= 4 is 30.7 Å². The van der Waals surface area contributed by atoms with Gasteiger partial charge < -0.3 is 33.7 Å². The number of aliphatic hydroxyl groups excluding tert-OH is 1. The van der Waals surface area contributed by atoms with Gasteiger partial charge in [-0.3, -0.25) is 4.52 Å². The van der Waals surface area contributed by atoms with Crippen molar-refractivity contribution in [3.63, 3.8) is 0 Å². The van der Waals surface area contributed by atoms with Gasteiger partial charge >= 0.3 is 19.8 Å². The van der Waals surface area contributed by atoms with E-state index >= 15 is 0 Å². The number of benzene rings is 3. The molecule has 0 aliphatic carbocycles. The van der Waals surface area contributed by atoms with Gasteiger partial charge in [0.15, 0.2) is 12.3 Å². The van der Waals surface area contributed by atoms with Gasteiger partial charge in [0, 0.05) is 6.20 Å². The molecule has 1 fully saturated rings. The summed E-state index contributed by atoms with van der Waals surface area (Å²) in [5, 5.41) is 12.0. The summed E-state index contributed by atoms with van der Waals surface area (Å²) in [7, 11) is -5.21. The summed E-state index contributed by atoms with van der Waals surface area (Å²) >= 11 is 0. The van der Waals surface area contributed by atoms with Crippen molar-refractivity contribution in [2.45, 2.75) is 30.6 Å². The maximum Gasteiger partial charge on any atom is 0.470 e. The van der Waals surface area contributed by atoms with Gasteiger partial charge in [-0.2, -0.15) is 0 Å². The molecule has 0 bridgehead atoms. The molecular weight excluding hydrogens is 541 g/mol. The Labute approximate surface area is 228 Å². The highest BCUT2D eigenvalue weighted by Crippen LogP contribution is 2.44.